The van der Waals surface area contributed by atoms with Gasteiger partial charge in [0.25, 0.3) is 10.0 Å². The first kappa shape index (κ1) is 15.7. The number of halogens is 2. The Labute approximate surface area is 130 Å². The standard InChI is InChI=1S/C13H13BrFN3O2S/c1-2-16-13-8-10(5-6-17-13)21(19,20)18-12-4-3-9(15)7-11(12)14/h3-8,18H,2H2,1H3,(H,16,17). The maximum Gasteiger partial charge on any atom is 0.262 e. The molecule has 0 radical (unpaired) electrons. The normalized spacial score (nSPS) is 11.2. The van der Waals surface area contributed by atoms with Crippen molar-refractivity contribution in [1.29, 1.82) is 0 Å². The van der Waals surface area contributed by atoms with E-state index >= 15 is 0 Å². The molecule has 21 heavy (non-hydrogen) atoms. The zero-order chi connectivity index (χ0) is 15.5. The number of hydrogen-bond acceptors (Lipinski definition) is 4. The van der Waals surface area contributed by atoms with Crippen LogP contribution in [0.3, 0.4) is 0 Å². The van der Waals surface area contributed by atoms with Gasteiger partial charge >= 0.3 is 0 Å². The monoisotopic (exact) mass is 373 g/mol. The van der Waals surface area contributed by atoms with Gasteiger partial charge < -0.3 is 5.32 Å². The molecule has 0 aliphatic carbocycles. The number of nitrogens with one attached hydrogen (secondary N) is 2. The fourth-order valence-corrected chi connectivity index (χ4v) is 3.31. The fraction of sp³-hybridized carbons (Fsp3) is 0.154. The van der Waals surface area contributed by atoms with Crippen molar-refractivity contribution in [3.63, 3.8) is 0 Å². The summed E-state index contributed by atoms with van der Waals surface area (Å²) in [6.07, 6.45) is 1.41. The number of aromatic nitrogens is 1. The summed E-state index contributed by atoms with van der Waals surface area (Å²) in [4.78, 5) is 4.09. The molecule has 0 aliphatic heterocycles. The predicted octanol–water partition coefficient (Wildman–Crippen LogP) is 3.22. The van der Waals surface area contributed by atoms with Crippen LogP contribution in [0.15, 0.2) is 45.9 Å². The minimum atomic E-state index is -3.77. The van der Waals surface area contributed by atoms with Gasteiger partial charge in [-0.2, -0.15) is 0 Å². The van der Waals surface area contributed by atoms with Crippen molar-refractivity contribution in [2.24, 2.45) is 0 Å². The van der Waals surface area contributed by atoms with Crippen molar-refractivity contribution in [2.75, 3.05) is 16.6 Å². The summed E-state index contributed by atoms with van der Waals surface area (Å²) in [5, 5.41) is 2.94. The average Bonchev–Trinajstić information content (AvgIpc) is 2.43. The second kappa shape index (κ2) is 6.40. The number of rotatable bonds is 5. The molecule has 1 heterocycles. The van der Waals surface area contributed by atoms with Crippen LogP contribution in [0.5, 0.6) is 0 Å². The molecular formula is C13H13BrFN3O2S. The third-order valence-electron chi connectivity index (χ3n) is 2.58. The molecule has 0 unspecified atom stereocenters. The zero-order valence-electron chi connectivity index (χ0n) is 11.1. The van der Waals surface area contributed by atoms with Gasteiger partial charge in [-0.25, -0.2) is 17.8 Å². The molecule has 0 spiro atoms. The predicted molar refractivity (Wildman–Crippen MR) is 83.3 cm³/mol. The van der Waals surface area contributed by atoms with Crippen LogP contribution >= 0.6 is 15.9 Å². The van der Waals surface area contributed by atoms with E-state index in [9.17, 15) is 12.8 Å². The van der Waals surface area contributed by atoms with Gasteiger partial charge in [-0.1, -0.05) is 0 Å². The number of nitrogens with zero attached hydrogens (tertiary/aromatic N) is 1. The van der Waals surface area contributed by atoms with E-state index in [0.29, 0.717) is 16.8 Å². The molecule has 1 aromatic heterocycles. The lowest BCUT2D eigenvalue weighted by atomic mass is 10.3. The van der Waals surface area contributed by atoms with Crippen LogP contribution in [0.25, 0.3) is 0 Å². The van der Waals surface area contributed by atoms with E-state index in [4.69, 9.17) is 0 Å². The van der Waals surface area contributed by atoms with Crippen LogP contribution in [0, 0.1) is 5.82 Å². The Hall–Kier alpha value is -1.67. The van der Waals surface area contributed by atoms with Gasteiger partial charge in [0.15, 0.2) is 0 Å². The second-order valence-corrected chi connectivity index (χ2v) is 6.67. The van der Waals surface area contributed by atoms with E-state index in [1.807, 2.05) is 6.92 Å². The van der Waals surface area contributed by atoms with Crippen molar-refractivity contribution in [1.82, 2.24) is 4.98 Å². The summed E-state index contributed by atoms with van der Waals surface area (Å²) in [7, 11) is -3.77. The largest absolute Gasteiger partial charge is 0.370 e. The quantitative estimate of drug-likeness (QED) is 0.843. The molecule has 0 fully saturated rings. The lowest BCUT2D eigenvalue weighted by Gasteiger charge is -2.11. The Bertz CT molecular complexity index is 753. The van der Waals surface area contributed by atoms with E-state index in [1.54, 1.807) is 0 Å². The molecule has 1 aromatic carbocycles. The van der Waals surface area contributed by atoms with Crippen LogP contribution in [-0.4, -0.2) is 19.9 Å². The number of benzene rings is 1. The van der Waals surface area contributed by atoms with Crippen molar-refractivity contribution >= 4 is 37.5 Å². The fourth-order valence-electron chi connectivity index (χ4n) is 1.63. The Morgan fingerprint density at radius 3 is 2.71 bits per heavy atom. The second-order valence-electron chi connectivity index (χ2n) is 4.14. The molecule has 0 atom stereocenters. The Morgan fingerprint density at radius 1 is 1.29 bits per heavy atom. The lowest BCUT2D eigenvalue weighted by molar-refractivity contribution is 0.600. The SMILES string of the molecule is CCNc1cc(S(=O)(=O)Nc2ccc(F)cc2Br)ccn1. The maximum absolute atomic E-state index is 13.0. The summed E-state index contributed by atoms with van der Waals surface area (Å²) >= 11 is 3.12. The average molecular weight is 374 g/mol. The molecule has 8 heteroatoms. The number of hydrogen-bond donors (Lipinski definition) is 2. The van der Waals surface area contributed by atoms with Crippen molar-refractivity contribution in [3.8, 4) is 0 Å². The third-order valence-corrected chi connectivity index (χ3v) is 4.59. The van der Waals surface area contributed by atoms with Crippen molar-refractivity contribution in [3.05, 3.63) is 46.8 Å². The lowest BCUT2D eigenvalue weighted by Crippen LogP contribution is -2.14. The maximum atomic E-state index is 13.0. The van der Waals surface area contributed by atoms with Crippen molar-refractivity contribution < 1.29 is 12.8 Å². The van der Waals surface area contributed by atoms with Gasteiger partial charge in [0.1, 0.15) is 11.6 Å². The van der Waals surface area contributed by atoms with Crippen LogP contribution in [-0.2, 0) is 10.0 Å². The van der Waals surface area contributed by atoms with Gasteiger partial charge in [-0.3, -0.25) is 4.72 Å². The van der Waals surface area contributed by atoms with Crippen LogP contribution in [0.2, 0.25) is 0 Å². The van der Waals surface area contributed by atoms with E-state index in [-0.39, 0.29) is 10.6 Å². The molecule has 0 saturated heterocycles. The Kier molecular flexibility index (Phi) is 4.79. The minimum absolute atomic E-state index is 0.0738. The van der Waals surface area contributed by atoms with Gasteiger partial charge in [0.2, 0.25) is 0 Å². The molecule has 2 rings (SSSR count). The van der Waals surface area contributed by atoms with Crippen molar-refractivity contribution in [2.45, 2.75) is 11.8 Å². The van der Waals surface area contributed by atoms with Crippen LogP contribution < -0.4 is 10.0 Å². The third kappa shape index (κ3) is 3.92. The summed E-state index contributed by atoms with van der Waals surface area (Å²) < 4.78 is 40.4. The highest BCUT2D eigenvalue weighted by atomic mass is 79.9. The highest BCUT2D eigenvalue weighted by molar-refractivity contribution is 9.10. The van der Waals surface area contributed by atoms with Gasteiger partial charge in [-0.15, -0.1) is 0 Å². The van der Waals surface area contributed by atoms with Gasteiger partial charge in [0.05, 0.1) is 10.6 Å². The van der Waals surface area contributed by atoms with Gasteiger partial charge in [0, 0.05) is 23.3 Å². The smallest absolute Gasteiger partial charge is 0.262 e. The summed E-state index contributed by atoms with van der Waals surface area (Å²) in [6, 6.07) is 6.54. The molecule has 0 saturated carbocycles. The van der Waals surface area contributed by atoms with E-state index in [2.05, 4.69) is 31.0 Å². The zero-order valence-corrected chi connectivity index (χ0v) is 13.5. The topological polar surface area (TPSA) is 71.1 Å². The molecule has 0 aliphatic rings. The highest BCUT2D eigenvalue weighted by Crippen LogP contribution is 2.26. The number of sulfonamides is 1. The summed E-state index contributed by atoms with van der Waals surface area (Å²) in [5.41, 5.74) is 0.262. The molecule has 2 N–H and O–H groups in total. The number of anilines is 2. The van der Waals surface area contributed by atoms with E-state index < -0.39 is 15.8 Å². The van der Waals surface area contributed by atoms with Crippen LogP contribution in [0.1, 0.15) is 6.92 Å². The van der Waals surface area contributed by atoms with E-state index in [1.165, 1.54) is 36.5 Å². The summed E-state index contributed by atoms with van der Waals surface area (Å²) in [6.45, 7) is 2.52. The molecule has 112 valence electrons. The highest BCUT2D eigenvalue weighted by Gasteiger charge is 2.16. The molecule has 0 bridgehead atoms. The molecule has 0 amide bonds. The van der Waals surface area contributed by atoms with E-state index in [0.717, 1.165) is 0 Å². The Balaban J connectivity index is 2.31. The summed E-state index contributed by atoms with van der Waals surface area (Å²) in [5.74, 6) is 0.0155. The first-order valence-electron chi connectivity index (χ1n) is 6.10. The molecule has 2 aromatic rings. The van der Waals surface area contributed by atoms with Gasteiger partial charge in [-0.05, 0) is 47.1 Å². The Morgan fingerprint density at radius 2 is 2.05 bits per heavy atom. The molecular weight excluding hydrogens is 361 g/mol. The van der Waals surface area contributed by atoms with Crippen LogP contribution in [0.4, 0.5) is 15.9 Å². The minimum Gasteiger partial charge on any atom is -0.370 e. The molecule has 5 nitrogen and oxygen atoms in total. The first-order valence-corrected chi connectivity index (χ1v) is 8.38. The first-order chi connectivity index (χ1) is 9.92. The number of pyridine rings is 1.